The van der Waals surface area contributed by atoms with Gasteiger partial charge in [0.25, 0.3) is 0 Å². The number of hydrogen-bond acceptors (Lipinski definition) is 3. The molecule has 3 aromatic rings. The Balaban J connectivity index is 2.08. The van der Waals surface area contributed by atoms with Gasteiger partial charge in [-0.2, -0.15) is 5.26 Å². The standard InChI is InChI=1S/C17H13ClN4/c1-12-4-5-16(18)14(7-12)11-22-15(8-19)10-21-17(22)13-3-2-6-20-9-13/h2-7,9-10H,11H2,1H3. The summed E-state index contributed by atoms with van der Waals surface area (Å²) in [4.78, 5) is 8.48. The van der Waals surface area contributed by atoms with Crippen molar-refractivity contribution < 1.29 is 0 Å². The second kappa shape index (κ2) is 6.00. The first-order valence-electron chi connectivity index (χ1n) is 6.80. The quantitative estimate of drug-likeness (QED) is 0.739. The Morgan fingerprint density at radius 2 is 2.14 bits per heavy atom. The Labute approximate surface area is 133 Å². The monoisotopic (exact) mass is 308 g/mol. The average molecular weight is 309 g/mol. The van der Waals surface area contributed by atoms with Gasteiger partial charge in [-0.15, -0.1) is 0 Å². The summed E-state index contributed by atoms with van der Waals surface area (Å²) < 4.78 is 1.86. The highest BCUT2D eigenvalue weighted by atomic mass is 35.5. The number of pyridine rings is 1. The molecular formula is C17H13ClN4. The second-order valence-electron chi connectivity index (χ2n) is 5.00. The molecule has 0 radical (unpaired) electrons. The van der Waals surface area contributed by atoms with Crippen molar-refractivity contribution in [2.24, 2.45) is 0 Å². The van der Waals surface area contributed by atoms with Crippen LogP contribution in [0.5, 0.6) is 0 Å². The van der Waals surface area contributed by atoms with Gasteiger partial charge in [0.05, 0.1) is 12.7 Å². The summed E-state index contributed by atoms with van der Waals surface area (Å²) >= 11 is 6.28. The number of imidazole rings is 1. The third-order valence-electron chi connectivity index (χ3n) is 3.42. The number of aryl methyl sites for hydroxylation is 1. The molecule has 0 N–H and O–H groups in total. The number of halogens is 1. The summed E-state index contributed by atoms with van der Waals surface area (Å²) in [5.41, 5.74) is 3.45. The van der Waals surface area contributed by atoms with Gasteiger partial charge in [0.15, 0.2) is 0 Å². The van der Waals surface area contributed by atoms with Gasteiger partial charge in [-0.05, 0) is 30.7 Å². The minimum atomic E-state index is 0.494. The Morgan fingerprint density at radius 1 is 1.27 bits per heavy atom. The number of rotatable bonds is 3. The molecule has 0 unspecified atom stereocenters. The zero-order valence-electron chi connectivity index (χ0n) is 12.0. The zero-order valence-corrected chi connectivity index (χ0v) is 12.7. The summed E-state index contributed by atoms with van der Waals surface area (Å²) in [5.74, 6) is 0.710. The van der Waals surface area contributed by atoms with Gasteiger partial charge >= 0.3 is 0 Å². The molecule has 22 heavy (non-hydrogen) atoms. The summed E-state index contributed by atoms with van der Waals surface area (Å²) in [6.45, 7) is 2.51. The predicted octanol–water partition coefficient (Wildman–Crippen LogP) is 3.83. The fourth-order valence-electron chi connectivity index (χ4n) is 2.35. The maximum Gasteiger partial charge on any atom is 0.142 e. The van der Waals surface area contributed by atoms with Gasteiger partial charge in [-0.1, -0.05) is 29.3 Å². The lowest BCUT2D eigenvalue weighted by Crippen LogP contribution is -2.05. The molecule has 108 valence electrons. The number of nitriles is 1. The predicted molar refractivity (Wildman–Crippen MR) is 85.5 cm³/mol. The highest BCUT2D eigenvalue weighted by Gasteiger charge is 2.13. The molecule has 4 nitrogen and oxygen atoms in total. The van der Waals surface area contributed by atoms with Crippen LogP contribution in [0, 0.1) is 18.3 Å². The molecular weight excluding hydrogens is 296 g/mol. The summed E-state index contributed by atoms with van der Waals surface area (Å²) in [7, 11) is 0. The summed E-state index contributed by atoms with van der Waals surface area (Å²) in [6.07, 6.45) is 5.02. The van der Waals surface area contributed by atoms with Crippen LogP contribution >= 0.6 is 11.6 Å². The van der Waals surface area contributed by atoms with Crippen molar-refractivity contribution in [1.82, 2.24) is 14.5 Å². The normalized spacial score (nSPS) is 10.4. The van der Waals surface area contributed by atoms with Crippen molar-refractivity contribution in [2.45, 2.75) is 13.5 Å². The van der Waals surface area contributed by atoms with Crippen LogP contribution in [0.2, 0.25) is 5.02 Å². The lowest BCUT2D eigenvalue weighted by atomic mass is 10.1. The third-order valence-corrected chi connectivity index (χ3v) is 3.79. The average Bonchev–Trinajstić information content (AvgIpc) is 2.94. The van der Waals surface area contributed by atoms with Gasteiger partial charge in [0.2, 0.25) is 0 Å². The maximum atomic E-state index is 9.32. The lowest BCUT2D eigenvalue weighted by molar-refractivity contribution is 0.794. The molecule has 0 aliphatic carbocycles. The molecule has 0 bridgehead atoms. The van der Waals surface area contributed by atoms with E-state index >= 15 is 0 Å². The molecule has 0 saturated carbocycles. The van der Waals surface area contributed by atoms with Crippen molar-refractivity contribution in [2.75, 3.05) is 0 Å². The van der Waals surface area contributed by atoms with Crippen molar-refractivity contribution in [3.05, 3.63) is 70.8 Å². The third kappa shape index (κ3) is 2.72. The van der Waals surface area contributed by atoms with E-state index in [2.05, 4.69) is 16.0 Å². The molecule has 0 fully saturated rings. The molecule has 2 aromatic heterocycles. The topological polar surface area (TPSA) is 54.5 Å². The highest BCUT2D eigenvalue weighted by molar-refractivity contribution is 6.31. The number of aromatic nitrogens is 3. The lowest BCUT2D eigenvalue weighted by Gasteiger charge is -2.11. The fourth-order valence-corrected chi connectivity index (χ4v) is 2.52. The van der Waals surface area contributed by atoms with E-state index in [0.29, 0.717) is 23.1 Å². The van der Waals surface area contributed by atoms with E-state index in [9.17, 15) is 5.26 Å². The van der Waals surface area contributed by atoms with Crippen LogP contribution in [0.1, 0.15) is 16.8 Å². The largest absolute Gasteiger partial charge is 0.311 e. The molecule has 0 spiro atoms. The Bertz CT molecular complexity index is 847. The Kier molecular flexibility index (Phi) is 3.90. The van der Waals surface area contributed by atoms with E-state index in [4.69, 9.17) is 11.6 Å². The first-order valence-corrected chi connectivity index (χ1v) is 7.18. The minimum absolute atomic E-state index is 0.494. The second-order valence-corrected chi connectivity index (χ2v) is 5.41. The van der Waals surface area contributed by atoms with Crippen LogP contribution in [0.25, 0.3) is 11.4 Å². The summed E-state index contributed by atoms with van der Waals surface area (Å²) in [6, 6.07) is 11.8. The molecule has 5 heteroatoms. The van der Waals surface area contributed by atoms with Crippen LogP contribution < -0.4 is 0 Å². The van der Waals surface area contributed by atoms with E-state index in [1.807, 2.05) is 41.8 Å². The smallest absolute Gasteiger partial charge is 0.142 e. The van der Waals surface area contributed by atoms with Gasteiger partial charge in [-0.25, -0.2) is 4.98 Å². The molecule has 0 aliphatic heterocycles. The SMILES string of the molecule is Cc1ccc(Cl)c(Cn2c(C#N)cnc2-c2cccnc2)c1. The summed E-state index contributed by atoms with van der Waals surface area (Å²) in [5, 5.41) is 10.0. The van der Waals surface area contributed by atoms with Crippen LogP contribution in [0.15, 0.2) is 48.9 Å². The van der Waals surface area contributed by atoms with Crippen LogP contribution in [0.4, 0.5) is 0 Å². The van der Waals surface area contributed by atoms with Crippen molar-refractivity contribution in [1.29, 1.82) is 5.26 Å². The highest BCUT2D eigenvalue weighted by Crippen LogP contribution is 2.23. The fraction of sp³-hybridized carbons (Fsp3) is 0.118. The first kappa shape index (κ1) is 14.3. The van der Waals surface area contributed by atoms with Crippen LogP contribution in [-0.4, -0.2) is 14.5 Å². The van der Waals surface area contributed by atoms with Crippen LogP contribution in [-0.2, 0) is 6.54 Å². The molecule has 0 saturated heterocycles. The van der Waals surface area contributed by atoms with Crippen LogP contribution in [0.3, 0.4) is 0 Å². The van der Waals surface area contributed by atoms with E-state index in [1.54, 1.807) is 18.6 Å². The number of hydrogen-bond donors (Lipinski definition) is 0. The molecule has 2 heterocycles. The van der Waals surface area contributed by atoms with E-state index < -0.39 is 0 Å². The minimum Gasteiger partial charge on any atom is -0.311 e. The Morgan fingerprint density at radius 3 is 2.86 bits per heavy atom. The van der Waals surface area contributed by atoms with Crippen molar-refractivity contribution >= 4 is 11.6 Å². The van der Waals surface area contributed by atoms with Gasteiger partial charge in [0, 0.05) is 23.0 Å². The Hall–Kier alpha value is -2.64. The number of nitrogens with zero attached hydrogens (tertiary/aromatic N) is 4. The molecule has 0 aliphatic rings. The molecule has 1 aromatic carbocycles. The van der Waals surface area contributed by atoms with Crippen molar-refractivity contribution in [3.8, 4) is 17.5 Å². The molecule has 0 amide bonds. The first-order chi connectivity index (χ1) is 10.7. The maximum absolute atomic E-state index is 9.32. The molecule has 0 atom stereocenters. The van der Waals surface area contributed by atoms with E-state index in [0.717, 1.165) is 16.7 Å². The van der Waals surface area contributed by atoms with E-state index in [-0.39, 0.29) is 0 Å². The van der Waals surface area contributed by atoms with Gasteiger partial charge < -0.3 is 4.57 Å². The zero-order chi connectivity index (χ0) is 15.5. The van der Waals surface area contributed by atoms with Crippen molar-refractivity contribution in [3.63, 3.8) is 0 Å². The van der Waals surface area contributed by atoms with Gasteiger partial charge in [-0.3, -0.25) is 4.98 Å². The van der Waals surface area contributed by atoms with E-state index in [1.165, 1.54) is 0 Å². The number of benzene rings is 1. The van der Waals surface area contributed by atoms with Gasteiger partial charge in [0.1, 0.15) is 17.6 Å². The molecule has 3 rings (SSSR count).